The minimum atomic E-state index is -1.00. The van der Waals surface area contributed by atoms with E-state index < -0.39 is 12.3 Å². The number of aliphatic carboxylic acids is 1. The predicted molar refractivity (Wildman–Crippen MR) is 180 cm³/mol. The average molecular weight is 655 g/mol. The van der Waals surface area contributed by atoms with Gasteiger partial charge < -0.3 is 30.3 Å². The molecule has 0 unspecified atom stereocenters. The molecule has 0 bridgehead atoms. The van der Waals surface area contributed by atoms with Gasteiger partial charge in [-0.2, -0.15) is 0 Å². The number of hydrogen-bond donors (Lipinski definition) is 4. The standard InChI is InChI=1S/C37H38N2O7S/c1-24(41)39-31-12-14-33(15-13-31)47-23-32-20-34(27-10-8-25(22-40)9-11-27)46-37(45-32)30-7-3-6-29(19-30)28-5-2-4-26(18-28)21-38-35(42)16-17-36(43)44/h2-15,18-19,32,34,37,40H,16-17,20-23H2,1H3,(H,38,42)(H,39,41)(H,43,44)/t32-,34+,37+/m0/s1. The number of anilines is 1. The zero-order valence-corrected chi connectivity index (χ0v) is 26.9. The van der Waals surface area contributed by atoms with E-state index in [1.165, 1.54) is 6.92 Å². The third kappa shape index (κ3) is 10.0. The molecule has 0 aromatic heterocycles. The maximum Gasteiger partial charge on any atom is 0.303 e. The van der Waals surface area contributed by atoms with Gasteiger partial charge in [-0.1, -0.05) is 60.7 Å². The number of carboxylic acid groups (broad SMARTS) is 1. The van der Waals surface area contributed by atoms with Gasteiger partial charge in [-0.05, 0) is 64.2 Å². The van der Waals surface area contributed by atoms with Crippen molar-refractivity contribution in [1.82, 2.24) is 5.32 Å². The smallest absolute Gasteiger partial charge is 0.303 e. The summed E-state index contributed by atoms with van der Waals surface area (Å²) in [4.78, 5) is 35.2. The molecular formula is C37H38N2O7S. The number of benzene rings is 4. The highest BCUT2D eigenvalue weighted by Gasteiger charge is 2.32. The predicted octanol–water partition coefficient (Wildman–Crippen LogP) is 6.62. The van der Waals surface area contributed by atoms with Gasteiger partial charge in [-0.15, -0.1) is 11.8 Å². The highest BCUT2D eigenvalue weighted by molar-refractivity contribution is 7.99. The molecule has 2 amide bonds. The van der Waals surface area contributed by atoms with E-state index in [-0.39, 0.29) is 43.5 Å². The van der Waals surface area contributed by atoms with Gasteiger partial charge in [0.1, 0.15) is 0 Å². The Balaban J connectivity index is 1.31. The molecule has 1 heterocycles. The normalized spacial score (nSPS) is 17.5. The van der Waals surface area contributed by atoms with Gasteiger partial charge in [-0.3, -0.25) is 14.4 Å². The van der Waals surface area contributed by atoms with Crippen LogP contribution in [0.25, 0.3) is 11.1 Å². The van der Waals surface area contributed by atoms with Crippen LogP contribution in [-0.2, 0) is 37.0 Å². The van der Waals surface area contributed by atoms with Crippen molar-refractivity contribution in [3.63, 3.8) is 0 Å². The molecule has 1 aliphatic rings. The molecule has 4 aromatic rings. The first kappa shape index (κ1) is 33.9. The Morgan fingerprint density at radius 3 is 2.26 bits per heavy atom. The molecule has 5 rings (SSSR count). The Kier molecular flexibility index (Phi) is 11.8. The summed E-state index contributed by atoms with van der Waals surface area (Å²) in [6.07, 6.45) is -0.554. The fraction of sp³-hybridized carbons (Fsp3) is 0.270. The van der Waals surface area contributed by atoms with Gasteiger partial charge >= 0.3 is 5.97 Å². The van der Waals surface area contributed by atoms with Crippen molar-refractivity contribution in [1.29, 1.82) is 0 Å². The van der Waals surface area contributed by atoms with Crippen LogP contribution < -0.4 is 10.6 Å². The molecule has 4 N–H and O–H groups in total. The maximum atomic E-state index is 12.0. The quantitative estimate of drug-likeness (QED) is 0.118. The van der Waals surface area contributed by atoms with Gasteiger partial charge in [0.2, 0.25) is 11.8 Å². The number of nitrogens with one attached hydrogen (secondary N) is 2. The van der Waals surface area contributed by atoms with Crippen LogP contribution in [0.4, 0.5) is 5.69 Å². The zero-order chi connectivity index (χ0) is 33.2. The van der Waals surface area contributed by atoms with Crippen molar-refractivity contribution < 1.29 is 34.1 Å². The molecule has 47 heavy (non-hydrogen) atoms. The molecule has 244 valence electrons. The Labute approximate surface area is 278 Å². The molecule has 9 nitrogen and oxygen atoms in total. The monoisotopic (exact) mass is 654 g/mol. The largest absolute Gasteiger partial charge is 0.481 e. The lowest BCUT2D eigenvalue weighted by molar-refractivity contribution is -0.245. The number of carboxylic acids is 1. The number of thioether (sulfide) groups is 1. The van der Waals surface area contributed by atoms with Crippen LogP contribution in [0.5, 0.6) is 0 Å². The summed E-state index contributed by atoms with van der Waals surface area (Å²) < 4.78 is 13.1. The van der Waals surface area contributed by atoms with E-state index in [1.807, 2.05) is 91.0 Å². The Bertz CT molecular complexity index is 1680. The van der Waals surface area contributed by atoms with E-state index in [2.05, 4.69) is 16.7 Å². The second-order valence-corrected chi connectivity index (χ2v) is 12.5. The summed E-state index contributed by atoms with van der Waals surface area (Å²) >= 11 is 1.68. The van der Waals surface area contributed by atoms with Crippen molar-refractivity contribution in [2.24, 2.45) is 0 Å². The minimum absolute atomic E-state index is 0.0252. The lowest BCUT2D eigenvalue weighted by atomic mass is 9.99. The van der Waals surface area contributed by atoms with Crippen LogP contribution in [0.2, 0.25) is 0 Å². The summed E-state index contributed by atoms with van der Waals surface area (Å²) in [5, 5.41) is 23.9. The topological polar surface area (TPSA) is 134 Å². The fourth-order valence-corrected chi connectivity index (χ4v) is 6.21. The molecular weight excluding hydrogens is 616 g/mol. The Morgan fingerprint density at radius 2 is 1.55 bits per heavy atom. The van der Waals surface area contributed by atoms with E-state index in [1.54, 1.807) is 11.8 Å². The van der Waals surface area contributed by atoms with E-state index in [4.69, 9.17) is 14.6 Å². The molecule has 3 atom stereocenters. The number of carbonyl (C=O) groups excluding carboxylic acids is 2. The summed E-state index contributed by atoms with van der Waals surface area (Å²) in [7, 11) is 0. The van der Waals surface area contributed by atoms with E-state index in [9.17, 15) is 19.5 Å². The van der Waals surface area contributed by atoms with Gasteiger partial charge in [0.15, 0.2) is 6.29 Å². The molecule has 0 radical (unpaired) electrons. The first-order valence-corrected chi connectivity index (χ1v) is 16.4. The molecule has 10 heteroatoms. The maximum absolute atomic E-state index is 12.0. The van der Waals surface area contributed by atoms with Crippen LogP contribution >= 0.6 is 11.8 Å². The number of aliphatic hydroxyl groups is 1. The second kappa shape index (κ2) is 16.4. The van der Waals surface area contributed by atoms with Crippen LogP contribution in [-0.4, -0.2) is 39.9 Å². The summed E-state index contributed by atoms with van der Waals surface area (Å²) in [5.74, 6) is -0.717. The lowest BCUT2D eigenvalue weighted by Crippen LogP contribution is -2.31. The van der Waals surface area contributed by atoms with Gasteiger partial charge in [0.25, 0.3) is 0 Å². The van der Waals surface area contributed by atoms with E-state index in [0.717, 1.165) is 44.0 Å². The first-order valence-electron chi connectivity index (χ1n) is 15.4. The molecule has 1 saturated heterocycles. The number of amides is 2. The fourth-order valence-electron chi connectivity index (χ4n) is 5.28. The average Bonchev–Trinajstić information content (AvgIpc) is 3.09. The molecule has 0 spiro atoms. The van der Waals surface area contributed by atoms with Gasteiger partial charge in [-0.25, -0.2) is 0 Å². The molecule has 0 aliphatic carbocycles. The SMILES string of the molecule is CC(=O)Nc1ccc(SC[C@@H]2C[C@H](c3ccc(CO)cc3)O[C@H](c3cccc(-c4cccc(CNC(=O)CCC(=O)O)c4)c3)O2)cc1. The number of hydrogen-bond acceptors (Lipinski definition) is 7. The first-order chi connectivity index (χ1) is 22.7. The van der Waals surface area contributed by atoms with Crippen molar-refractivity contribution >= 4 is 35.2 Å². The lowest BCUT2D eigenvalue weighted by Gasteiger charge is -2.36. The third-order valence-corrected chi connectivity index (χ3v) is 8.84. The molecule has 4 aromatic carbocycles. The number of aliphatic hydroxyl groups excluding tert-OH is 1. The highest BCUT2D eigenvalue weighted by atomic mass is 32.2. The van der Waals surface area contributed by atoms with E-state index in [0.29, 0.717) is 18.7 Å². The van der Waals surface area contributed by atoms with Gasteiger partial charge in [0.05, 0.1) is 25.2 Å². The molecule has 1 aliphatic heterocycles. The molecule has 1 fully saturated rings. The summed E-state index contributed by atoms with van der Waals surface area (Å²) in [5.41, 5.74) is 6.30. The number of rotatable bonds is 13. The summed E-state index contributed by atoms with van der Waals surface area (Å²) in [6.45, 7) is 1.76. The second-order valence-electron chi connectivity index (χ2n) is 11.4. The number of carbonyl (C=O) groups is 3. The zero-order valence-electron chi connectivity index (χ0n) is 26.1. The van der Waals surface area contributed by atoms with Gasteiger partial charge in [0, 0.05) is 48.2 Å². The third-order valence-electron chi connectivity index (χ3n) is 7.70. The van der Waals surface area contributed by atoms with Crippen molar-refractivity contribution in [3.05, 3.63) is 119 Å². The minimum Gasteiger partial charge on any atom is -0.481 e. The number of ether oxygens (including phenoxy) is 2. The van der Waals surface area contributed by atoms with E-state index >= 15 is 0 Å². The Morgan fingerprint density at radius 1 is 0.830 bits per heavy atom. The van der Waals surface area contributed by atoms with Crippen LogP contribution in [0.3, 0.4) is 0 Å². The van der Waals surface area contributed by atoms with Crippen molar-refractivity contribution in [3.8, 4) is 11.1 Å². The van der Waals surface area contributed by atoms with Crippen LogP contribution in [0.15, 0.2) is 102 Å². The van der Waals surface area contributed by atoms with Crippen molar-refractivity contribution in [2.45, 2.75) is 62.7 Å². The van der Waals surface area contributed by atoms with Crippen molar-refractivity contribution in [2.75, 3.05) is 11.1 Å². The Hall–Kier alpha value is -4.48. The summed E-state index contributed by atoms with van der Waals surface area (Å²) in [6, 6.07) is 31.4. The van der Waals surface area contributed by atoms with Crippen LogP contribution in [0, 0.1) is 0 Å². The highest BCUT2D eigenvalue weighted by Crippen LogP contribution is 2.40. The molecule has 0 saturated carbocycles. The van der Waals surface area contributed by atoms with Crippen LogP contribution in [0.1, 0.15) is 60.8 Å².